The zero-order valence-electron chi connectivity index (χ0n) is 15.6. The van der Waals surface area contributed by atoms with Gasteiger partial charge in [-0.05, 0) is 25.3 Å². The molecule has 26 heavy (non-hydrogen) atoms. The molecule has 0 atom stereocenters. The lowest BCUT2D eigenvalue weighted by Gasteiger charge is -2.35. The second-order valence-electron chi connectivity index (χ2n) is 6.70. The minimum absolute atomic E-state index is 0.143. The van der Waals surface area contributed by atoms with Crippen molar-refractivity contribution < 1.29 is 4.79 Å². The smallest absolute Gasteiger partial charge is 0.224 e. The first-order valence-corrected chi connectivity index (χ1v) is 9.26. The summed E-state index contributed by atoms with van der Waals surface area (Å²) >= 11 is 0. The molecule has 0 unspecified atom stereocenters. The summed E-state index contributed by atoms with van der Waals surface area (Å²) in [7, 11) is 0. The van der Waals surface area contributed by atoms with E-state index >= 15 is 0 Å². The second-order valence-corrected chi connectivity index (χ2v) is 6.70. The first-order chi connectivity index (χ1) is 12.6. The maximum atomic E-state index is 11.5. The average molecular weight is 353 g/mol. The van der Waals surface area contributed by atoms with Crippen molar-refractivity contribution in [3.05, 3.63) is 47.7 Å². The number of hydrogen-bond donors (Lipinski definition) is 1. The summed E-state index contributed by atoms with van der Waals surface area (Å²) in [6.45, 7) is 7.58. The molecule has 0 aliphatic carbocycles. The molecule has 138 valence electrons. The van der Waals surface area contributed by atoms with Crippen molar-refractivity contribution in [3.8, 4) is 0 Å². The number of hydrogen-bond acceptors (Lipinski definition) is 5. The Kier molecular flexibility index (Phi) is 6.04. The van der Waals surface area contributed by atoms with Gasteiger partial charge in [0, 0.05) is 51.4 Å². The number of benzene rings is 1. The Labute approximate surface area is 155 Å². The van der Waals surface area contributed by atoms with Gasteiger partial charge in [-0.2, -0.15) is 4.98 Å². The number of aromatic nitrogens is 2. The number of carbonyl (C=O) groups excluding carboxylic acids is 1. The molecular formula is C20H27N5O. The molecule has 6 heteroatoms. The molecule has 1 fully saturated rings. The molecule has 0 saturated carbocycles. The molecule has 1 aromatic carbocycles. The molecule has 0 bridgehead atoms. The van der Waals surface area contributed by atoms with Crippen LogP contribution in [0.5, 0.6) is 0 Å². The highest BCUT2D eigenvalue weighted by Gasteiger charge is 2.20. The monoisotopic (exact) mass is 353 g/mol. The lowest BCUT2D eigenvalue weighted by atomic mass is 10.1. The van der Waals surface area contributed by atoms with Gasteiger partial charge in [-0.25, -0.2) is 4.98 Å². The van der Waals surface area contributed by atoms with E-state index in [4.69, 9.17) is 0 Å². The van der Waals surface area contributed by atoms with Gasteiger partial charge >= 0.3 is 0 Å². The zero-order valence-corrected chi connectivity index (χ0v) is 15.6. The van der Waals surface area contributed by atoms with Gasteiger partial charge < -0.3 is 15.1 Å². The fourth-order valence-corrected chi connectivity index (χ4v) is 3.18. The quantitative estimate of drug-likeness (QED) is 0.809. The summed E-state index contributed by atoms with van der Waals surface area (Å²) in [4.78, 5) is 24.8. The Morgan fingerprint density at radius 2 is 1.85 bits per heavy atom. The number of aryl methyl sites for hydroxylation is 2. The first kappa shape index (κ1) is 18.2. The van der Waals surface area contributed by atoms with E-state index in [0.29, 0.717) is 5.95 Å². The number of nitrogens with zero attached hydrogens (tertiary/aromatic N) is 4. The average Bonchev–Trinajstić information content (AvgIpc) is 2.66. The van der Waals surface area contributed by atoms with Crippen molar-refractivity contribution in [3.63, 3.8) is 0 Å². The molecule has 0 spiro atoms. The lowest BCUT2D eigenvalue weighted by Crippen LogP contribution is -2.48. The van der Waals surface area contributed by atoms with Crippen LogP contribution in [0.4, 0.5) is 11.8 Å². The number of piperazine rings is 1. The summed E-state index contributed by atoms with van der Waals surface area (Å²) in [5.41, 5.74) is 2.30. The molecule has 2 heterocycles. The van der Waals surface area contributed by atoms with Crippen LogP contribution < -0.4 is 10.2 Å². The summed E-state index contributed by atoms with van der Waals surface area (Å²) in [6, 6.07) is 12.5. The van der Waals surface area contributed by atoms with E-state index in [1.54, 1.807) is 6.92 Å². The van der Waals surface area contributed by atoms with Crippen molar-refractivity contribution in [2.24, 2.45) is 0 Å². The van der Waals surface area contributed by atoms with E-state index in [1.807, 2.05) is 24.0 Å². The van der Waals surface area contributed by atoms with Crippen molar-refractivity contribution >= 4 is 17.7 Å². The van der Waals surface area contributed by atoms with Crippen molar-refractivity contribution in [2.75, 3.05) is 42.9 Å². The van der Waals surface area contributed by atoms with E-state index in [0.717, 1.165) is 57.1 Å². The van der Waals surface area contributed by atoms with Gasteiger partial charge in [0.2, 0.25) is 11.9 Å². The Hall–Kier alpha value is -2.63. The SMILES string of the molecule is CC(=O)N1CCN(c2cc(C)nc(NCCCc3ccccc3)n2)CC1. The molecule has 3 rings (SSSR count). The first-order valence-electron chi connectivity index (χ1n) is 9.26. The molecule has 0 radical (unpaired) electrons. The molecule has 2 aromatic rings. The highest BCUT2D eigenvalue weighted by molar-refractivity contribution is 5.73. The van der Waals surface area contributed by atoms with Gasteiger partial charge in [-0.15, -0.1) is 0 Å². The summed E-state index contributed by atoms with van der Waals surface area (Å²) in [6.07, 6.45) is 2.08. The van der Waals surface area contributed by atoms with Crippen LogP contribution in [0.3, 0.4) is 0 Å². The number of amides is 1. The zero-order chi connectivity index (χ0) is 18.4. The molecular weight excluding hydrogens is 326 g/mol. The van der Waals surface area contributed by atoms with Gasteiger partial charge in [0.25, 0.3) is 0 Å². The van der Waals surface area contributed by atoms with Gasteiger partial charge in [-0.1, -0.05) is 30.3 Å². The highest BCUT2D eigenvalue weighted by atomic mass is 16.2. The molecule has 1 aromatic heterocycles. The van der Waals surface area contributed by atoms with Gasteiger partial charge in [-0.3, -0.25) is 4.79 Å². The standard InChI is InChI=1S/C20H27N5O/c1-16-15-19(25-13-11-24(12-14-25)17(2)26)23-20(22-16)21-10-6-9-18-7-4-3-5-8-18/h3-5,7-8,15H,6,9-14H2,1-2H3,(H,21,22,23). The van der Waals surface area contributed by atoms with Crippen LogP contribution in [-0.2, 0) is 11.2 Å². The third-order valence-electron chi connectivity index (χ3n) is 4.66. The highest BCUT2D eigenvalue weighted by Crippen LogP contribution is 2.17. The predicted octanol–water partition coefficient (Wildman–Crippen LogP) is 2.50. The normalized spacial score (nSPS) is 14.4. The maximum absolute atomic E-state index is 11.5. The lowest BCUT2D eigenvalue weighted by molar-refractivity contribution is -0.129. The Bertz CT molecular complexity index is 726. The Balaban J connectivity index is 1.53. The van der Waals surface area contributed by atoms with Crippen LogP contribution in [0.2, 0.25) is 0 Å². The fraction of sp³-hybridized carbons (Fsp3) is 0.450. The number of anilines is 2. The Morgan fingerprint density at radius 3 is 2.54 bits per heavy atom. The van der Waals surface area contributed by atoms with Crippen molar-refractivity contribution in [1.82, 2.24) is 14.9 Å². The van der Waals surface area contributed by atoms with Crippen molar-refractivity contribution in [2.45, 2.75) is 26.7 Å². The van der Waals surface area contributed by atoms with Gasteiger partial charge in [0.05, 0.1) is 0 Å². The molecule has 1 aliphatic heterocycles. The number of carbonyl (C=O) groups is 1. The summed E-state index contributed by atoms with van der Waals surface area (Å²) in [5.74, 6) is 1.76. The number of nitrogens with one attached hydrogen (secondary N) is 1. The molecule has 6 nitrogen and oxygen atoms in total. The molecule has 1 saturated heterocycles. The van der Waals surface area contributed by atoms with Crippen LogP contribution in [0.15, 0.2) is 36.4 Å². The predicted molar refractivity (Wildman–Crippen MR) is 104 cm³/mol. The molecule has 1 amide bonds. The third-order valence-corrected chi connectivity index (χ3v) is 4.66. The van der Waals surface area contributed by atoms with E-state index in [1.165, 1.54) is 5.56 Å². The Morgan fingerprint density at radius 1 is 1.12 bits per heavy atom. The minimum Gasteiger partial charge on any atom is -0.354 e. The summed E-state index contributed by atoms with van der Waals surface area (Å²) in [5, 5.41) is 3.35. The number of rotatable bonds is 6. The molecule has 1 aliphatic rings. The largest absolute Gasteiger partial charge is 0.354 e. The third kappa shape index (κ3) is 4.94. The molecule has 1 N–H and O–H groups in total. The fourth-order valence-electron chi connectivity index (χ4n) is 3.18. The van der Waals surface area contributed by atoms with Crippen molar-refractivity contribution in [1.29, 1.82) is 0 Å². The minimum atomic E-state index is 0.143. The van der Waals surface area contributed by atoms with Crippen LogP contribution >= 0.6 is 0 Å². The second kappa shape index (κ2) is 8.65. The summed E-state index contributed by atoms with van der Waals surface area (Å²) < 4.78 is 0. The van der Waals surface area contributed by atoms with Gasteiger partial charge in [0.1, 0.15) is 5.82 Å². The van der Waals surface area contributed by atoms with Crippen LogP contribution in [0.25, 0.3) is 0 Å². The van der Waals surface area contributed by atoms with E-state index < -0.39 is 0 Å². The van der Waals surface area contributed by atoms with Crippen LogP contribution in [0.1, 0.15) is 24.6 Å². The van der Waals surface area contributed by atoms with E-state index in [9.17, 15) is 4.79 Å². The van der Waals surface area contributed by atoms with E-state index in [2.05, 4.69) is 44.5 Å². The maximum Gasteiger partial charge on any atom is 0.224 e. The van der Waals surface area contributed by atoms with Gasteiger partial charge in [0.15, 0.2) is 0 Å². The van der Waals surface area contributed by atoms with Crippen LogP contribution in [0, 0.1) is 6.92 Å². The van der Waals surface area contributed by atoms with E-state index in [-0.39, 0.29) is 5.91 Å². The van der Waals surface area contributed by atoms with Crippen LogP contribution in [-0.4, -0.2) is 53.5 Å². The topological polar surface area (TPSA) is 61.4 Å².